The molecule has 0 aliphatic rings. The summed E-state index contributed by atoms with van der Waals surface area (Å²) in [6.07, 6.45) is 0.147. The predicted molar refractivity (Wildman–Crippen MR) is 70.0 cm³/mol. The molecule has 0 saturated carbocycles. The molecule has 0 aromatic heterocycles. The number of hydrogen-bond donors (Lipinski definition) is 0. The van der Waals surface area contributed by atoms with Crippen molar-refractivity contribution in [1.29, 1.82) is 0 Å². The molecule has 0 aliphatic heterocycles. The van der Waals surface area contributed by atoms with Crippen molar-refractivity contribution in [3.63, 3.8) is 0 Å². The summed E-state index contributed by atoms with van der Waals surface area (Å²) in [6, 6.07) is 10.7. The summed E-state index contributed by atoms with van der Waals surface area (Å²) in [5, 5.41) is 0. The highest BCUT2D eigenvalue weighted by atomic mass is 19.1. The third-order valence-corrected chi connectivity index (χ3v) is 2.92. The Kier molecular flexibility index (Phi) is 4.05. The van der Waals surface area contributed by atoms with Crippen molar-refractivity contribution in [3.05, 3.63) is 70.8 Å². The van der Waals surface area contributed by atoms with E-state index in [0.717, 1.165) is 29.3 Å². The smallest absolute Gasteiger partial charge is 0.141 e. The maximum absolute atomic E-state index is 13.4. The molecule has 2 rings (SSSR count). The van der Waals surface area contributed by atoms with Gasteiger partial charge in [-0.15, -0.1) is 0 Å². The first-order chi connectivity index (χ1) is 9.04. The molecular formula is C16H14F2O. The number of ketones is 1. The molecule has 3 heteroatoms. The number of rotatable bonds is 4. The molecule has 0 radical (unpaired) electrons. The van der Waals surface area contributed by atoms with Gasteiger partial charge in [0, 0.05) is 12.8 Å². The molecule has 0 saturated heterocycles. The molecule has 0 aliphatic carbocycles. The van der Waals surface area contributed by atoms with Crippen molar-refractivity contribution >= 4 is 5.78 Å². The Morgan fingerprint density at radius 3 is 2.37 bits per heavy atom. The number of carbonyl (C=O) groups is 1. The minimum Gasteiger partial charge on any atom is -0.299 e. The molecule has 0 atom stereocenters. The van der Waals surface area contributed by atoms with Crippen LogP contribution in [-0.2, 0) is 17.6 Å². The van der Waals surface area contributed by atoms with Gasteiger partial charge in [0.1, 0.15) is 17.4 Å². The fraction of sp³-hybridized carbons (Fsp3) is 0.188. The molecule has 0 heterocycles. The van der Waals surface area contributed by atoms with Gasteiger partial charge in [0.25, 0.3) is 0 Å². The first-order valence-corrected chi connectivity index (χ1v) is 6.06. The van der Waals surface area contributed by atoms with Gasteiger partial charge in [-0.2, -0.15) is 0 Å². The summed E-state index contributed by atoms with van der Waals surface area (Å²) in [6.45, 7) is 1.97. The molecule has 0 amide bonds. The zero-order valence-corrected chi connectivity index (χ0v) is 10.6. The van der Waals surface area contributed by atoms with E-state index in [1.54, 1.807) is 0 Å². The van der Waals surface area contributed by atoms with E-state index in [9.17, 15) is 13.6 Å². The van der Waals surface area contributed by atoms with Crippen molar-refractivity contribution in [3.8, 4) is 0 Å². The topological polar surface area (TPSA) is 17.1 Å². The Labute approximate surface area is 110 Å². The lowest BCUT2D eigenvalue weighted by atomic mass is 10.0. The van der Waals surface area contributed by atoms with E-state index in [2.05, 4.69) is 0 Å². The minimum absolute atomic E-state index is 0.0858. The maximum atomic E-state index is 13.4. The van der Waals surface area contributed by atoms with E-state index in [0.29, 0.717) is 0 Å². The normalized spacial score (nSPS) is 10.5. The summed E-state index contributed by atoms with van der Waals surface area (Å²) in [5.41, 5.74) is 2.11. The first-order valence-electron chi connectivity index (χ1n) is 6.06. The standard InChI is InChI=1S/C16H14F2O/c1-11-2-4-12(5-3-11)8-15(19)10-13-9-14(17)6-7-16(13)18/h2-7,9H,8,10H2,1H3. The van der Waals surface area contributed by atoms with Crippen LogP contribution in [0.15, 0.2) is 42.5 Å². The Balaban J connectivity index is 2.05. The van der Waals surface area contributed by atoms with Gasteiger partial charge in [-0.3, -0.25) is 4.79 Å². The predicted octanol–water partition coefficient (Wildman–Crippen LogP) is 3.63. The maximum Gasteiger partial charge on any atom is 0.141 e. The highest BCUT2D eigenvalue weighted by molar-refractivity contribution is 5.83. The Hall–Kier alpha value is -2.03. The summed E-state index contributed by atoms with van der Waals surface area (Å²) in [7, 11) is 0. The van der Waals surface area contributed by atoms with Crippen LogP contribution in [0.2, 0.25) is 0 Å². The zero-order chi connectivity index (χ0) is 13.8. The average molecular weight is 260 g/mol. The van der Waals surface area contributed by atoms with Crippen LogP contribution in [-0.4, -0.2) is 5.78 Å². The van der Waals surface area contributed by atoms with Crippen molar-refractivity contribution < 1.29 is 13.6 Å². The van der Waals surface area contributed by atoms with Crippen LogP contribution in [0.3, 0.4) is 0 Å². The number of aryl methyl sites for hydroxylation is 1. The number of Topliss-reactive ketones (excluding diaryl/α,β-unsaturated/α-hetero) is 1. The van der Waals surface area contributed by atoms with E-state index in [-0.39, 0.29) is 24.2 Å². The first kappa shape index (κ1) is 13.4. The number of halogens is 2. The van der Waals surface area contributed by atoms with Gasteiger partial charge < -0.3 is 0 Å². The molecule has 1 nitrogen and oxygen atoms in total. The summed E-state index contributed by atoms with van der Waals surface area (Å²) in [5.74, 6) is -1.20. The van der Waals surface area contributed by atoms with E-state index in [1.165, 1.54) is 0 Å². The third kappa shape index (κ3) is 3.71. The third-order valence-electron chi connectivity index (χ3n) is 2.92. The summed E-state index contributed by atoms with van der Waals surface area (Å²) >= 11 is 0. The van der Waals surface area contributed by atoms with Gasteiger partial charge in [0.05, 0.1) is 0 Å². The van der Waals surface area contributed by atoms with Crippen LogP contribution in [0.4, 0.5) is 8.78 Å². The van der Waals surface area contributed by atoms with E-state index in [4.69, 9.17) is 0 Å². The lowest BCUT2D eigenvalue weighted by molar-refractivity contribution is -0.117. The van der Waals surface area contributed by atoms with Crippen LogP contribution in [0.25, 0.3) is 0 Å². The van der Waals surface area contributed by atoms with Crippen LogP contribution < -0.4 is 0 Å². The molecule has 0 unspecified atom stereocenters. The number of hydrogen-bond acceptors (Lipinski definition) is 1. The second-order valence-corrected chi connectivity index (χ2v) is 4.61. The van der Waals surface area contributed by atoms with E-state index in [1.807, 2.05) is 31.2 Å². The monoisotopic (exact) mass is 260 g/mol. The van der Waals surface area contributed by atoms with Gasteiger partial charge in [0.15, 0.2) is 0 Å². The lowest BCUT2D eigenvalue weighted by Gasteiger charge is -2.04. The van der Waals surface area contributed by atoms with E-state index >= 15 is 0 Å². The number of benzene rings is 2. The molecule has 19 heavy (non-hydrogen) atoms. The summed E-state index contributed by atoms with van der Waals surface area (Å²) in [4.78, 5) is 11.8. The molecule has 2 aromatic rings. The molecule has 98 valence electrons. The zero-order valence-electron chi connectivity index (χ0n) is 10.6. The second kappa shape index (κ2) is 5.74. The van der Waals surface area contributed by atoms with Gasteiger partial charge >= 0.3 is 0 Å². The van der Waals surface area contributed by atoms with Crippen molar-refractivity contribution in [2.24, 2.45) is 0 Å². The quantitative estimate of drug-likeness (QED) is 0.820. The van der Waals surface area contributed by atoms with Crippen LogP contribution >= 0.6 is 0 Å². The Morgan fingerprint density at radius 1 is 1.00 bits per heavy atom. The van der Waals surface area contributed by atoms with Crippen molar-refractivity contribution in [1.82, 2.24) is 0 Å². The fourth-order valence-corrected chi connectivity index (χ4v) is 1.89. The molecule has 2 aromatic carbocycles. The van der Waals surface area contributed by atoms with Gasteiger partial charge in [-0.25, -0.2) is 8.78 Å². The Morgan fingerprint density at radius 2 is 1.68 bits per heavy atom. The highest BCUT2D eigenvalue weighted by Crippen LogP contribution is 2.12. The van der Waals surface area contributed by atoms with Gasteiger partial charge in [0.2, 0.25) is 0 Å². The molecular weight excluding hydrogens is 246 g/mol. The van der Waals surface area contributed by atoms with Gasteiger partial charge in [-0.05, 0) is 36.2 Å². The number of carbonyl (C=O) groups excluding carboxylic acids is 1. The van der Waals surface area contributed by atoms with Crippen molar-refractivity contribution in [2.75, 3.05) is 0 Å². The van der Waals surface area contributed by atoms with Crippen LogP contribution in [0.5, 0.6) is 0 Å². The lowest BCUT2D eigenvalue weighted by Crippen LogP contribution is -2.08. The van der Waals surface area contributed by atoms with E-state index < -0.39 is 11.6 Å². The average Bonchev–Trinajstić information content (AvgIpc) is 2.37. The highest BCUT2D eigenvalue weighted by Gasteiger charge is 2.10. The molecule has 0 fully saturated rings. The second-order valence-electron chi connectivity index (χ2n) is 4.61. The SMILES string of the molecule is Cc1ccc(CC(=O)Cc2cc(F)ccc2F)cc1. The van der Waals surface area contributed by atoms with Crippen LogP contribution in [0.1, 0.15) is 16.7 Å². The largest absolute Gasteiger partial charge is 0.299 e. The van der Waals surface area contributed by atoms with Crippen LogP contribution in [0, 0.1) is 18.6 Å². The Bertz CT molecular complexity index is 588. The van der Waals surface area contributed by atoms with Gasteiger partial charge in [-0.1, -0.05) is 29.8 Å². The van der Waals surface area contributed by atoms with Crippen molar-refractivity contribution in [2.45, 2.75) is 19.8 Å². The molecule has 0 bridgehead atoms. The molecule has 0 N–H and O–H groups in total. The fourth-order valence-electron chi connectivity index (χ4n) is 1.89. The minimum atomic E-state index is -0.543. The summed E-state index contributed by atoms with van der Waals surface area (Å²) < 4.78 is 26.4. The molecule has 0 spiro atoms.